The first kappa shape index (κ1) is 14.0. The van der Waals surface area contributed by atoms with E-state index in [1.54, 1.807) is 0 Å². The predicted octanol–water partition coefficient (Wildman–Crippen LogP) is 3.83. The zero-order valence-corrected chi connectivity index (χ0v) is 12.8. The molecule has 0 bridgehead atoms. The van der Waals surface area contributed by atoms with Crippen molar-refractivity contribution in [2.45, 2.75) is 32.2 Å². The normalized spacial score (nSPS) is 18.8. The van der Waals surface area contributed by atoms with Gasteiger partial charge in [0.2, 0.25) is 0 Å². The van der Waals surface area contributed by atoms with Gasteiger partial charge in [0.05, 0.1) is 0 Å². The Morgan fingerprint density at radius 3 is 2.78 bits per heavy atom. The molecule has 1 unspecified atom stereocenters. The molecule has 1 heterocycles. The van der Waals surface area contributed by atoms with Crippen LogP contribution in [0.2, 0.25) is 0 Å². The second-order valence-electron chi connectivity index (χ2n) is 5.16. The minimum absolute atomic E-state index is 0.433. The summed E-state index contributed by atoms with van der Waals surface area (Å²) in [6.07, 6.45) is 3.59. The molecule has 1 saturated heterocycles. The van der Waals surface area contributed by atoms with E-state index in [4.69, 9.17) is 4.74 Å². The number of aryl methyl sites for hydroxylation is 1. The van der Waals surface area contributed by atoms with E-state index in [2.05, 4.69) is 53.4 Å². The van der Waals surface area contributed by atoms with Gasteiger partial charge in [-0.05, 0) is 50.8 Å². The van der Waals surface area contributed by atoms with Gasteiger partial charge in [-0.1, -0.05) is 33.6 Å². The number of benzene rings is 1. The minimum Gasteiger partial charge on any atom is -0.381 e. The van der Waals surface area contributed by atoms with Crippen molar-refractivity contribution in [2.75, 3.05) is 20.3 Å². The first-order chi connectivity index (χ1) is 8.70. The second-order valence-corrected chi connectivity index (χ2v) is 6.01. The standard InChI is InChI=1S/C15H22BrNO/c1-11-3-4-14(16)13(9-11)15(17-2)10-12-5-7-18-8-6-12/h3-4,9,12,15,17H,5-8,10H2,1-2H3. The number of halogens is 1. The highest BCUT2D eigenvalue weighted by Gasteiger charge is 2.20. The third kappa shape index (κ3) is 3.56. The van der Waals surface area contributed by atoms with Crippen molar-refractivity contribution in [2.24, 2.45) is 5.92 Å². The van der Waals surface area contributed by atoms with E-state index in [0.29, 0.717) is 6.04 Å². The SMILES string of the molecule is CNC(CC1CCOCC1)c1cc(C)ccc1Br. The summed E-state index contributed by atoms with van der Waals surface area (Å²) >= 11 is 3.67. The van der Waals surface area contributed by atoms with Gasteiger partial charge in [0.25, 0.3) is 0 Å². The Balaban J connectivity index is 2.09. The quantitative estimate of drug-likeness (QED) is 0.912. The number of ether oxygens (including phenoxy) is 1. The summed E-state index contributed by atoms with van der Waals surface area (Å²) in [5, 5.41) is 3.46. The van der Waals surface area contributed by atoms with Crippen LogP contribution in [-0.4, -0.2) is 20.3 Å². The molecule has 100 valence electrons. The number of nitrogens with one attached hydrogen (secondary N) is 1. The average molecular weight is 312 g/mol. The average Bonchev–Trinajstić information content (AvgIpc) is 2.40. The maximum absolute atomic E-state index is 5.43. The van der Waals surface area contributed by atoms with E-state index in [9.17, 15) is 0 Å². The third-order valence-corrected chi connectivity index (χ3v) is 4.51. The summed E-state index contributed by atoms with van der Waals surface area (Å²) in [5.74, 6) is 0.781. The van der Waals surface area contributed by atoms with Crippen LogP contribution in [0.4, 0.5) is 0 Å². The van der Waals surface area contributed by atoms with E-state index >= 15 is 0 Å². The Kier molecular flexibility index (Phi) is 5.22. The zero-order valence-electron chi connectivity index (χ0n) is 11.2. The molecule has 2 nitrogen and oxygen atoms in total. The lowest BCUT2D eigenvalue weighted by atomic mass is 9.89. The Hall–Kier alpha value is -0.380. The molecule has 2 rings (SSSR count). The first-order valence-electron chi connectivity index (χ1n) is 6.71. The van der Waals surface area contributed by atoms with E-state index in [-0.39, 0.29) is 0 Å². The van der Waals surface area contributed by atoms with Crippen LogP contribution in [0.15, 0.2) is 22.7 Å². The lowest BCUT2D eigenvalue weighted by Crippen LogP contribution is -2.24. The van der Waals surface area contributed by atoms with Crippen molar-refractivity contribution < 1.29 is 4.74 Å². The molecule has 1 fully saturated rings. The molecule has 0 aliphatic carbocycles. The molecule has 0 saturated carbocycles. The molecule has 1 atom stereocenters. The van der Waals surface area contributed by atoms with Gasteiger partial charge in [-0.2, -0.15) is 0 Å². The van der Waals surface area contributed by atoms with Crippen molar-refractivity contribution in [3.05, 3.63) is 33.8 Å². The molecule has 1 aliphatic heterocycles. The maximum Gasteiger partial charge on any atom is 0.0468 e. The molecule has 0 aromatic heterocycles. The highest BCUT2D eigenvalue weighted by atomic mass is 79.9. The van der Waals surface area contributed by atoms with Crippen LogP contribution in [0.5, 0.6) is 0 Å². The lowest BCUT2D eigenvalue weighted by molar-refractivity contribution is 0.0607. The van der Waals surface area contributed by atoms with Gasteiger partial charge in [0.15, 0.2) is 0 Å². The van der Waals surface area contributed by atoms with Crippen LogP contribution in [0.25, 0.3) is 0 Å². The van der Waals surface area contributed by atoms with Crippen LogP contribution in [0.1, 0.15) is 36.4 Å². The summed E-state index contributed by atoms with van der Waals surface area (Å²) < 4.78 is 6.64. The fourth-order valence-corrected chi connectivity index (χ4v) is 3.17. The number of rotatable bonds is 4. The number of hydrogen-bond donors (Lipinski definition) is 1. The molecule has 0 amide bonds. The molecule has 0 spiro atoms. The van der Waals surface area contributed by atoms with Crippen molar-refractivity contribution >= 4 is 15.9 Å². The summed E-state index contributed by atoms with van der Waals surface area (Å²) in [7, 11) is 2.05. The lowest BCUT2D eigenvalue weighted by Gasteiger charge is -2.27. The monoisotopic (exact) mass is 311 g/mol. The molecule has 0 radical (unpaired) electrons. The van der Waals surface area contributed by atoms with Crippen molar-refractivity contribution in [1.29, 1.82) is 0 Å². The largest absolute Gasteiger partial charge is 0.381 e. The second kappa shape index (κ2) is 6.69. The van der Waals surface area contributed by atoms with Gasteiger partial charge >= 0.3 is 0 Å². The molecule has 1 aromatic carbocycles. The Labute approximate surface area is 118 Å². The predicted molar refractivity (Wildman–Crippen MR) is 78.8 cm³/mol. The van der Waals surface area contributed by atoms with Crippen LogP contribution in [-0.2, 0) is 4.74 Å². The highest BCUT2D eigenvalue weighted by Crippen LogP contribution is 2.31. The molecule has 18 heavy (non-hydrogen) atoms. The fourth-order valence-electron chi connectivity index (χ4n) is 2.65. The fraction of sp³-hybridized carbons (Fsp3) is 0.600. The van der Waals surface area contributed by atoms with E-state index < -0.39 is 0 Å². The van der Waals surface area contributed by atoms with Crippen LogP contribution in [0, 0.1) is 12.8 Å². The smallest absolute Gasteiger partial charge is 0.0468 e. The molecular formula is C15H22BrNO. The number of hydrogen-bond acceptors (Lipinski definition) is 2. The summed E-state index contributed by atoms with van der Waals surface area (Å²) in [6, 6.07) is 7.01. The van der Waals surface area contributed by atoms with Gasteiger partial charge in [0, 0.05) is 23.7 Å². The van der Waals surface area contributed by atoms with Gasteiger partial charge < -0.3 is 10.1 Å². The van der Waals surface area contributed by atoms with Gasteiger partial charge in [-0.3, -0.25) is 0 Å². The Morgan fingerprint density at radius 2 is 2.11 bits per heavy atom. The van der Waals surface area contributed by atoms with Crippen LogP contribution < -0.4 is 5.32 Å². The van der Waals surface area contributed by atoms with Gasteiger partial charge in [0.1, 0.15) is 0 Å². The maximum atomic E-state index is 5.43. The Bertz CT molecular complexity index is 388. The molecule has 1 aromatic rings. The highest BCUT2D eigenvalue weighted by molar-refractivity contribution is 9.10. The van der Waals surface area contributed by atoms with Crippen molar-refractivity contribution in [1.82, 2.24) is 5.32 Å². The molecule has 3 heteroatoms. The molecular weight excluding hydrogens is 290 g/mol. The van der Waals surface area contributed by atoms with E-state index in [1.165, 1.54) is 34.9 Å². The zero-order chi connectivity index (χ0) is 13.0. The Morgan fingerprint density at radius 1 is 1.39 bits per heavy atom. The van der Waals surface area contributed by atoms with Crippen LogP contribution in [0.3, 0.4) is 0 Å². The third-order valence-electron chi connectivity index (χ3n) is 3.79. The van der Waals surface area contributed by atoms with Crippen molar-refractivity contribution in [3.8, 4) is 0 Å². The molecule has 1 N–H and O–H groups in total. The van der Waals surface area contributed by atoms with Gasteiger partial charge in [-0.25, -0.2) is 0 Å². The topological polar surface area (TPSA) is 21.3 Å². The summed E-state index contributed by atoms with van der Waals surface area (Å²) in [6.45, 7) is 4.00. The first-order valence-corrected chi connectivity index (χ1v) is 7.51. The van der Waals surface area contributed by atoms with Gasteiger partial charge in [-0.15, -0.1) is 0 Å². The summed E-state index contributed by atoms with van der Waals surface area (Å²) in [5.41, 5.74) is 2.70. The van der Waals surface area contributed by atoms with E-state index in [1.807, 2.05) is 0 Å². The van der Waals surface area contributed by atoms with E-state index in [0.717, 1.165) is 19.1 Å². The van der Waals surface area contributed by atoms with Crippen molar-refractivity contribution in [3.63, 3.8) is 0 Å². The summed E-state index contributed by atoms with van der Waals surface area (Å²) in [4.78, 5) is 0. The minimum atomic E-state index is 0.433. The van der Waals surface area contributed by atoms with Crippen LogP contribution >= 0.6 is 15.9 Å². The molecule has 1 aliphatic rings.